The van der Waals surface area contributed by atoms with Gasteiger partial charge >= 0.3 is 0 Å². The van der Waals surface area contributed by atoms with E-state index in [1.807, 2.05) is 0 Å². The van der Waals surface area contributed by atoms with Crippen molar-refractivity contribution < 1.29 is 9.84 Å². The Morgan fingerprint density at radius 3 is 2.67 bits per heavy atom. The van der Waals surface area contributed by atoms with Crippen molar-refractivity contribution in [3.05, 3.63) is 35.4 Å². The number of nitrogens with one attached hydrogen (secondary N) is 1. The van der Waals surface area contributed by atoms with Gasteiger partial charge in [0.05, 0.1) is 18.8 Å². The van der Waals surface area contributed by atoms with Gasteiger partial charge in [0.25, 0.3) is 0 Å². The average Bonchev–Trinajstić information content (AvgIpc) is 2.41. The van der Waals surface area contributed by atoms with Crippen molar-refractivity contribution in [3.63, 3.8) is 0 Å². The van der Waals surface area contributed by atoms with Crippen LogP contribution in [-0.2, 0) is 11.2 Å². The molecule has 21 heavy (non-hydrogen) atoms. The number of hydrogen-bond acceptors (Lipinski definition) is 3. The molecule has 0 aliphatic carbocycles. The molecule has 0 aliphatic heterocycles. The summed E-state index contributed by atoms with van der Waals surface area (Å²) >= 11 is 0. The van der Waals surface area contributed by atoms with Crippen molar-refractivity contribution in [1.29, 1.82) is 0 Å². The van der Waals surface area contributed by atoms with Gasteiger partial charge in [-0.2, -0.15) is 0 Å². The molecule has 1 rings (SSSR count). The highest BCUT2D eigenvalue weighted by Crippen LogP contribution is 2.07. The summed E-state index contributed by atoms with van der Waals surface area (Å²) in [6, 6.07) is 8.54. The topological polar surface area (TPSA) is 41.5 Å². The molecule has 0 saturated heterocycles. The van der Waals surface area contributed by atoms with E-state index in [9.17, 15) is 5.11 Å². The van der Waals surface area contributed by atoms with Crippen LogP contribution in [0.2, 0.25) is 0 Å². The Balaban J connectivity index is 2.09. The molecule has 0 aliphatic rings. The highest BCUT2D eigenvalue weighted by atomic mass is 16.5. The van der Waals surface area contributed by atoms with Gasteiger partial charge < -0.3 is 15.2 Å². The fourth-order valence-corrected chi connectivity index (χ4v) is 2.44. The minimum Gasteiger partial charge on any atom is -0.389 e. The zero-order valence-corrected chi connectivity index (χ0v) is 13.9. The van der Waals surface area contributed by atoms with Crippen LogP contribution in [0.1, 0.15) is 38.3 Å². The van der Waals surface area contributed by atoms with Crippen molar-refractivity contribution in [1.82, 2.24) is 5.32 Å². The Labute approximate surface area is 129 Å². The minimum absolute atomic E-state index is 0.215. The molecule has 2 unspecified atom stereocenters. The second kappa shape index (κ2) is 9.93. The standard InChI is InChI=1S/C18H31NO2/c1-14(2)10-16(4)21-13-18(20)12-19-9-8-17-7-5-6-15(3)11-17/h5-7,11,14,16,18-20H,8-10,12-13H2,1-4H3. The molecule has 0 heterocycles. The number of aliphatic hydroxyl groups excluding tert-OH is 1. The molecule has 1 aromatic carbocycles. The van der Waals surface area contributed by atoms with E-state index in [1.165, 1.54) is 11.1 Å². The van der Waals surface area contributed by atoms with Crippen molar-refractivity contribution in [2.75, 3.05) is 19.7 Å². The Bertz CT molecular complexity index is 393. The summed E-state index contributed by atoms with van der Waals surface area (Å²) in [5.74, 6) is 0.629. The molecule has 120 valence electrons. The molecular weight excluding hydrogens is 262 g/mol. The quantitative estimate of drug-likeness (QED) is 0.652. The average molecular weight is 293 g/mol. The van der Waals surface area contributed by atoms with Gasteiger partial charge in [-0.3, -0.25) is 0 Å². The molecule has 0 radical (unpaired) electrons. The molecule has 0 amide bonds. The molecule has 0 fully saturated rings. The maximum absolute atomic E-state index is 9.89. The second-order valence-corrected chi connectivity index (χ2v) is 6.37. The number of ether oxygens (including phenoxy) is 1. The molecule has 0 bridgehead atoms. The summed E-state index contributed by atoms with van der Waals surface area (Å²) in [7, 11) is 0. The van der Waals surface area contributed by atoms with Crippen molar-refractivity contribution in [2.24, 2.45) is 5.92 Å². The third kappa shape index (κ3) is 8.86. The summed E-state index contributed by atoms with van der Waals surface area (Å²) in [6.07, 6.45) is 1.80. The Kier molecular flexibility index (Phi) is 8.58. The highest BCUT2D eigenvalue weighted by Gasteiger charge is 2.09. The summed E-state index contributed by atoms with van der Waals surface area (Å²) in [5.41, 5.74) is 2.62. The SMILES string of the molecule is Cc1cccc(CCNCC(O)COC(C)CC(C)C)c1. The minimum atomic E-state index is -0.433. The molecule has 2 atom stereocenters. The molecule has 0 saturated carbocycles. The van der Waals surface area contributed by atoms with Gasteiger partial charge in [0, 0.05) is 6.54 Å². The third-order valence-electron chi connectivity index (χ3n) is 3.43. The summed E-state index contributed by atoms with van der Waals surface area (Å²) in [4.78, 5) is 0. The lowest BCUT2D eigenvalue weighted by molar-refractivity contribution is -0.00839. The predicted molar refractivity (Wildman–Crippen MR) is 88.6 cm³/mol. The van der Waals surface area contributed by atoms with Crippen LogP contribution in [0.15, 0.2) is 24.3 Å². The Morgan fingerprint density at radius 2 is 2.00 bits per heavy atom. The zero-order chi connectivity index (χ0) is 15.7. The number of aryl methyl sites for hydroxylation is 1. The van der Waals surface area contributed by atoms with E-state index in [2.05, 4.69) is 57.3 Å². The molecule has 1 aromatic rings. The van der Waals surface area contributed by atoms with Crippen molar-refractivity contribution in [3.8, 4) is 0 Å². The van der Waals surface area contributed by atoms with Crippen LogP contribution in [0.3, 0.4) is 0 Å². The first-order chi connectivity index (χ1) is 9.97. The van der Waals surface area contributed by atoms with Crippen LogP contribution >= 0.6 is 0 Å². The lowest BCUT2D eigenvalue weighted by Crippen LogP contribution is -2.32. The Hall–Kier alpha value is -0.900. The zero-order valence-electron chi connectivity index (χ0n) is 13.9. The molecule has 3 heteroatoms. The summed E-state index contributed by atoms with van der Waals surface area (Å²) < 4.78 is 5.66. The van der Waals surface area contributed by atoms with Gasteiger partial charge in [-0.25, -0.2) is 0 Å². The molecular formula is C18H31NO2. The number of rotatable bonds is 10. The van der Waals surface area contributed by atoms with E-state index in [4.69, 9.17) is 4.74 Å². The van der Waals surface area contributed by atoms with Gasteiger partial charge in [0.2, 0.25) is 0 Å². The first-order valence-corrected chi connectivity index (χ1v) is 8.03. The lowest BCUT2D eigenvalue weighted by atomic mass is 10.1. The van der Waals surface area contributed by atoms with Crippen LogP contribution < -0.4 is 5.32 Å². The second-order valence-electron chi connectivity index (χ2n) is 6.37. The molecule has 0 aromatic heterocycles. The fraction of sp³-hybridized carbons (Fsp3) is 0.667. The molecule has 2 N–H and O–H groups in total. The molecule has 0 spiro atoms. The van der Waals surface area contributed by atoms with Crippen LogP contribution in [0, 0.1) is 12.8 Å². The lowest BCUT2D eigenvalue weighted by Gasteiger charge is -2.18. The largest absolute Gasteiger partial charge is 0.389 e. The van der Waals surface area contributed by atoms with Crippen LogP contribution in [-0.4, -0.2) is 37.0 Å². The van der Waals surface area contributed by atoms with E-state index in [-0.39, 0.29) is 6.10 Å². The van der Waals surface area contributed by atoms with E-state index in [0.717, 1.165) is 19.4 Å². The van der Waals surface area contributed by atoms with Gasteiger partial charge in [-0.05, 0) is 44.7 Å². The highest BCUT2D eigenvalue weighted by molar-refractivity contribution is 5.22. The maximum Gasteiger partial charge on any atom is 0.0897 e. The van der Waals surface area contributed by atoms with Crippen molar-refractivity contribution >= 4 is 0 Å². The van der Waals surface area contributed by atoms with Crippen LogP contribution in [0.5, 0.6) is 0 Å². The van der Waals surface area contributed by atoms with E-state index < -0.39 is 6.10 Å². The first kappa shape index (κ1) is 18.1. The van der Waals surface area contributed by atoms with Gasteiger partial charge in [-0.1, -0.05) is 43.7 Å². The summed E-state index contributed by atoms with van der Waals surface area (Å²) in [5, 5.41) is 13.2. The normalized spacial score (nSPS) is 14.4. The predicted octanol–water partition coefficient (Wildman–Crippen LogP) is 2.94. The van der Waals surface area contributed by atoms with E-state index in [1.54, 1.807) is 0 Å². The third-order valence-corrected chi connectivity index (χ3v) is 3.43. The van der Waals surface area contributed by atoms with Gasteiger partial charge in [-0.15, -0.1) is 0 Å². The number of aliphatic hydroxyl groups is 1. The van der Waals surface area contributed by atoms with Gasteiger partial charge in [0.1, 0.15) is 0 Å². The number of hydrogen-bond donors (Lipinski definition) is 2. The smallest absolute Gasteiger partial charge is 0.0897 e. The number of benzene rings is 1. The molecule has 3 nitrogen and oxygen atoms in total. The Morgan fingerprint density at radius 1 is 1.24 bits per heavy atom. The van der Waals surface area contributed by atoms with Gasteiger partial charge in [0.15, 0.2) is 0 Å². The van der Waals surface area contributed by atoms with E-state index in [0.29, 0.717) is 19.1 Å². The maximum atomic E-state index is 9.89. The van der Waals surface area contributed by atoms with Crippen LogP contribution in [0.4, 0.5) is 0 Å². The van der Waals surface area contributed by atoms with E-state index >= 15 is 0 Å². The first-order valence-electron chi connectivity index (χ1n) is 8.03. The van der Waals surface area contributed by atoms with Crippen molar-refractivity contribution in [2.45, 2.75) is 52.7 Å². The summed E-state index contributed by atoms with van der Waals surface area (Å²) in [6.45, 7) is 10.4. The van der Waals surface area contributed by atoms with Crippen LogP contribution in [0.25, 0.3) is 0 Å². The monoisotopic (exact) mass is 293 g/mol. The fourth-order valence-electron chi connectivity index (χ4n) is 2.44.